The van der Waals surface area contributed by atoms with Crippen molar-refractivity contribution in [2.24, 2.45) is 11.8 Å². The average molecular weight is 336 g/mol. The molecule has 2 unspecified atom stereocenters. The van der Waals surface area contributed by atoms with Crippen molar-refractivity contribution in [2.45, 2.75) is 40.0 Å². The number of aliphatic hydroxyl groups is 1. The van der Waals surface area contributed by atoms with Crippen molar-refractivity contribution in [3.63, 3.8) is 0 Å². The zero-order chi connectivity index (χ0) is 16.6. The maximum atomic E-state index is 11.5. The SMILES string of the molecule is CCC(C)C(=O)NCCOCOCCSCC(C)CCCO. The van der Waals surface area contributed by atoms with E-state index in [1.807, 2.05) is 25.6 Å². The highest BCUT2D eigenvalue weighted by Gasteiger charge is 2.08. The first-order valence-corrected chi connectivity index (χ1v) is 9.39. The molecule has 0 saturated heterocycles. The van der Waals surface area contributed by atoms with E-state index in [1.165, 1.54) is 0 Å². The number of carbonyl (C=O) groups excluding carboxylic acids is 1. The largest absolute Gasteiger partial charge is 0.396 e. The number of amides is 1. The summed E-state index contributed by atoms with van der Waals surface area (Å²) in [6.45, 7) is 8.38. The number of hydrogen-bond acceptors (Lipinski definition) is 5. The Bertz CT molecular complexity index is 267. The van der Waals surface area contributed by atoms with E-state index in [1.54, 1.807) is 0 Å². The van der Waals surface area contributed by atoms with Crippen LogP contribution in [0.25, 0.3) is 0 Å². The van der Waals surface area contributed by atoms with E-state index in [4.69, 9.17) is 14.6 Å². The van der Waals surface area contributed by atoms with Gasteiger partial charge in [-0.25, -0.2) is 0 Å². The van der Waals surface area contributed by atoms with E-state index in [9.17, 15) is 4.79 Å². The van der Waals surface area contributed by atoms with Crippen LogP contribution in [0.4, 0.5) is 0 Å². The second-order valence-corrected chi connectivity index (χ2v) is 6.73. The van der Waals surface area contributed by atoms with Crippen molar-refractivity contribution in [1.82, 2.24) is 5.32 Å². The number of rotatable bonds is 15. The number of hydrogen-bond donors (Lipinski definition) is 2. The Morgan fingerprint density at radius 2 is 2.00 bits per heavy atom. The van der Waals surface area contributed by atoms with Gasteiger partial charge in [0.1, 0.15) is 6.79 Å². The molecule has 0 fully saturated rings. The maximum absolute atomic E-state index is 11.5. The predicted molar refractivity (Wildman–Crippen MR) is 92.0 cm³/mol. The number of ether oxygens (including phenoxy) is 2. The minimum atomic E-state index is 0.0630. The molecule has 0 saturated carbocycles. The summed E-state index contributed by atoms with van der Waals surface area (Å²) in [6, 6.07) is 0. The van der Waals surface area contributed by atoms with Crippen LogP contribution in [-0.2, 0) is 14.3 Å². The molecule has 0 rings (SSSR count). The molecule has 2 N–H and O–H groups in total. The van der Waals surface area contributed by atoms with Gasteiger partial charge in [0.2, 0.25) is 5.91 Å². The summed E-state index contributed by atoms with van der Waals surface area (Å²) in [5, 5.41) is 11.6. The molecule has 0 heterocycles. The van der Waals surface area contributed by atoms with E-state index >= 15 is 0 Å². The van der Waals surface area contributed by atoms with Crippen LogP contribution >= 0.6 is 11.8 Å². The van der Waals surface area contributed by atoms with Gasteiger partial charge in [0.25, 0.3) is 0 Å². The van der Waals surface area contributed by atoms with Gasteiger partial charge in [0.05, 0.1) is 13.2 Å². The molecular formula is C16H33NO4S. The third-order valence-corrected chi connectivity index (χ3v) is 4.66. The number of nitrogens with one attached hydrogen (secondary N) is 1. The zero-order valence-electron chi connectivity index (χ0n) is 14.3. The van der Waals surface area contributed by atoms with Gasteiger partial charge >= 0.3 is 0 Å². The molecule has 2 atom stereocenters. The topological polar surface area (TPSA) is 67.8 Å². The van der Waals surface area contributed by atoms with Crippen molar-refractivity contribution < 1.29 is 19.4 Å². The molecule has 0 aromatic heterocycles. The molecule has 0 bridgehead atoms. The molecule has 0 aliphatic carbocycles. The minimum Gasteiger partial charge on any atom is -0.396 e. The summed E-state index contributed by atoms with van der Waals surface area (Å²) in [5.41, 5.74) is 0. The second-order valence-electron chi connectivity index (χ2n) is 5.58. The zero-order valence-corrected chi connectivity index (χ0v) is 15.1. The third-order valence-electron chi connectivity index (χ3n) is 3.40. The summed E-state index contributed by atoms with van der Waals surface area (Å²) in [4.78, 5) is 11.5. The van der Waals surface area contributed by atoms with Gasteiger partial charge in [0, 0.05) is 24.8 Å². The van der Waals surface area contributed by atoms with Gasteiger partial charge in [-0.05, 0) is 30.9 Å². The Labute approximate surface area is 139 Å². The van der Waals surface area contributed by atoms with Gasteiger partial charge in [-0.2, -0.15) is 11.8 Å². The van der Waals surface area contributed by atoms with Crippen molar-refractivity contribution in [1.29, 1.82) is 0 Å². The lowest BCUT2D eigenvalue weighted by atomic mass is 10.1. The van der Waals surface area contributed by atoms with E-state index in [0.29, 0.717) is 25.7 Å². The van der Waals surface area contributed by atoms with Crippen LogP contribution in [0.3, 0.4) is 0 Å². The fraction of sp³-hybridized carbons (Fsp3) is 0.938. The van der Waals surface area contributed by atoms with Gasteiger partial charge in [0.15, 0.2) is 0 Å². The highest BCUT2D eigenvalue weighted by Crippen LogP contribution is 2.13. The van der Waals surface area contributed by atoms with Crippen LogP contribution in [-0.4, -0.2) is 55.7 Å². The van der Waals surface area contributed by atoms with Crippen LogP contribution < -0.4 is 5.32 Å². The summed E-state index contributed by atoms with van der Waals surface area (Å²) in [7, 11) is 0. The number of thioether (sulfide) groups is 1. The molecule has 1 amide bonds. The first kappa shape index (κ1) is 21.7. The molecule has 0 spiro atoms. The lowest BCUT2D eigenvalue weighted by Gasteiger charge is -2.11. The molecule has 0 aliphatic rings. The number of carbonyl (C=O) groups is 1. The summed E-state index contributed by atoms with van der Waals surface area (Å²) >= 11 is 1.87. The highest BCUT2D eigenvalue weighted by atomic mass is 32.2. The van der Waals surface area contributed by atoms with E-state index < -0.39 is 0 Å². The van der Waals surface area contributed by atoms with Gasteiger partial charge in [-0.1, -0.05) is 20.8 Å². The quantitative estimate of drug-likeness (QED) is 0.355. The third kappa shape index (κ3) is 13.4. The first-order chi connectivity index (χ1) is 10.6. The first-order valence-electron chi connectivity index (χ1n) is 8.23. The van der Waals surface area contributed by atoms with Crippen LogP contribution in [0, 0.1) is 11.8 Å². The highest BCUT2D eigenvalue weighted by molar-refractivity contribution is 7.99. The fourth-order valence-corrected chi connectivity index (χ4v) is 2.68. The molecule has 0 aromatic rings. The molecule has 6 heteroatoms. The molecule has 0 radical (unpaired) electrons. The van der Waals surface area contributed by atoms with E-state index in [2.05, 4.69) is 12.2 Å². The van der Waals surface area contributed by atoms with Gasteiger partial charge in [-0.3, -0.25) is 4.79 Å². The standard InChI is InChI=1S/C16H33NO4S/c1-4-15(3)16(19)17-7-9-20-13-21-10-11-22-12-14(2)6-5-8-18/h14-15,18H,4-13H2,1-3H3,(H,17,19). The van der Waals surface area contributed by atoms with Crippen LogP contribution in [0.15, 0.2) is 0 Å². The molecule has 0 aromatic carbocycles. The van der Waals surface area contributed by atoms with E-state index in [0.717, 1.165) is 30.8 Å². The summed E-state index contributed by atoms with van der Waals surface area (Å²) in [5.74, 6) is 2.85. The Balaban J connectivity index is 3.22. The lowest BCUT2D eigenvalue weighted by Crippen LogP contribution is -2.31. The monoisotopic (exact) mass is 335 g/mol. The lowest BCUT2D eigenvalue weighted by molar-refractivity contribution is -0.125. The van der Waals surface area contributed by atoms with Crippen LogP contribution in [0.2, 0.25) is 0 Å². The van der Waals surface area contributed by atoms with Crippen molar-refractivity contribution in [3.8, 4) is 0 Å². The Morgan fingerprint density at radius 3 is 2.68 bits per heavy atom. The van der Waals surface area contributed by atoms with Crippen molar-refractivity contribution in [2.75, 3.05) is 44.7 Å². The Hall–Kier alpha value is -0.300. The number of aliphatic hydroxyl groups excluding tert-OH is 1. The normalized spacial score (nSPS) is 13.8. The van der Waals surface area contributed by atoms with Crippen LogP contribution in [0.1, 0.15) is 40.0 Å². The molecule has 5 nitrogen and oxygen atoms in total. The fourth-order valence-electron chi connectivity index (χ4n) is 1.71. The van der Waals surface area contributed by atoms with Gasteiger partial charge < -0.3 is 19.9 Å². The average Bonchev–Trinajstić information content (AvgIpc) is 2.53. The molecular weight excluding hydrogens is 302 g/mol. The van der Waals surface area contributed by atoms with E-state index in [-0.39, 0.29) is 25.2 Å². The summed E-state index contributed by atoms with van der Waals surface area (Å²) < 4.78 is 10.7. The summed E-state index contributed by atoms with van der Waals surface area (Å²) in [6.07, 6.45) is 2.82. The minimum absolute atomic E-state index is 0.0630. The smallest absolute Gasteiger partial charge is 0.222 e. The second kappa shape index (κ2) is 15.6. The molecule has 132 valence electrons. The predicted octanol–water partition coefficient (Wildman–Crippen LogP) is 2.28. The Morgan fingerprint density at radius 1 is 1.27 bits per heavy atom. The molecule has 0 aliphatic heterocycles. The van der Waals surface area contributed by atoms with Gasteiger partial charge in [-0.15, -0.1) is 0 Å². The molecule has 22 heavy (non-hydrogen) atoms. The van der Waals surface area contributed by atoms with Crippen molar-refractivity contribution in [3.05, 3.63) is 0 Å². The maximum Gasteiger partial charge on any atom is 0.222 e. The van der Waals surface area contributed by atoms with Crippen molar-refractivity contribution >= 4 is 17.7 Å². The van der Waals surface area contributed by atoms with Crippen LogP contribution in [0.5, 0.6) is 0 Å². The Kier molecular flexibility index (Phi) is 15.4.